The molecule has 1 aromatic heterocycles. The van der Waals surface area contributed by atoms with Crippen LogP contribution < -0.4 is 18.9 Å². The largest absolute Gasteiger partial charge is 0.490 e. The molecule has 184 valence electrons. The Bertz CT molecular complexity index is 1240. The molecule has 0 N–H and O–H groups in total. The molecule has 3 aromatic rings. The van der Waals surface area contributed by atoms with E-state index in [0.29, 0.717) is 36.8 Å². The zero-order valence-corrected chi connectivity index (χ0v) is 20.4. The molecule has 0 amide bonds. The fraction of sp³-hybridized carbons (Fsp3) is 0.333. The third-order valence-corrected chi connectivity index (χ3v) is 5.77. The molecule has 8 nitrogen and oxygen atoms in total. The number of Topliss-reactive ketones (excluding diaryl/α,β-unsaturated/α-hetero) is 1. The summed E-state index contributed by atoms with van der Waals surface area (Å²) in [4.78, 5) is 25.5. The van der Waals surface area contributed by atoms with Gasteiger partial charge in [0.15, 0.2) is 29.6 Å². The van der Waals surface area contributed by atoms with Gasteiger partial charge in [0.05, 0.1) is 18.8 Å². The van der Waals surface area contributed by atoms with E-state index in [1.807, 2.05) is 56.5 Å². The Hall–Kier alpha value is -3.94. The summed E-state index contributed by atoms with van der Waals surface area (Å²) in [6.45, 7) is 8.90. The van der Waals surface area contributed by atoms with Crippen molar-refractivity contribution in [3.8, 4) is 23.0 Å². The first-order valence-electron chi connectivity index (χ1n) is 11.6. The molecule has 8 heteroatoms. The lowest BCUT2D eigenvalue weighted by Gasteiger charge is -2.12. The summed E-state index contributed by atoms with van der Waals surface area (Å²) in [5, 5.41) is 0. The Kier molecular flexibility index (Phi) is 7.29. The number of aromatic nitrogens is 1. The van der Waals surface area contributed by atoms with Gasteiger partial charge in [-0.3, -0.25) is 4.79 Å². The van der Waals surface area contributed by atoms with E-state index >= 15 is 0 Å². The number of aryl methyl sites for hydroxylation is 1. The normalized spacial score (nSPS) is 11.9. The maximum atomic E-state index is 12.9. The predicted molar refractivity (Wildman–Crippen MR) is 129 cm³/mol. The molecule has 2 aromatic carbocycles. The minimum Gasteiger partial charge on any atom is -0.490 e. The first-order chi connectivity index (χ1) is 16.9. The van der Waals surface area contributed by atoms with Crippen molar-refractivity contribution in [2.24, 2.45) is 0 Å². The van der Waals surface area contributed by atoms with Crippen molar-refractivity contribution in [3.63, 3.8) is 0 Å². The Morgan fingerprint density at radius 1 is 0.914 bits per heavy atom. The fourth-order valence-electron chi connectivity index (χ4n) is 4.02. The van der Waals surface area contributed by atoms with Crippen molar-refractivity contribution in [1.29, 1.82) is 0 Å². The van der Waals surface area contributed by atoms with Gasteiger partial charge < -0.3 is 28.3 Å². The van der Waals surface area contributed by atoms with Crippen molar-refractivity contribution in [3.05, 3.63) is 70.5 Å². The van der Waals surface area contributed by atoms with E-state index in [-0.39, 0.29) is 24.7 Å². The number of hydrogen-bond donors (Lipinski definition) is 0. The Balaban J connectivity index is 1.43. The van der Waals surface area contributed by atoms with Gasteiger partial charge in [0.2, 0.25) is 12.6 Å². The average molecular weight is 480 g/mol. The molecule has 2 heterocycles. The molecule has 0 bridgehead atoms. The van der Waals surface area contributed by atoms with Gasteiger partial charge in [-0.1, -0.05) is 6.07 Å². The van der Waals surface area contributed by atoms with E-state index < -0.39 is 5.97 Å². The highest BCUT2D eigenvalue weighted by Gasteiger charge is 2.20. The van der Waals surface area contributed by atoms with Crippen molar-refractivity contribution in [2.75, 3.05) is 26.6 Å². The summed E-state index contributed by atoms with van der Waals surface area (Å²) in [7, 11) is 0. The highest BCUT2D eigenvalue weighted by atomic mass is 16.7. The van der Waals surface area contributed by atoms with Gasteiger partial charge in [0.1, 0.15) is 0 Å². The lowest BCUT2D eigenvalue weighted by molar-refractivity contribution is 0.0474. The summed E-state index contributed by atoms with van der Waals surface area (Å²) in [6.07, 6.45) is 0. The van der Waals surface area contributed by atoms with Crippen LogP contribution in [0.3, 0.4) is 0 Å². The van der Waals surface area contributed by atoms with Crippen molar-refractivity contribution < 1.29 is 33.3 Å². The van der Waals surface area contributed by atoms with Crippen LogP contribution in [0.5, 0.6) is 23.0 Å². The number of ketones is 1. The Morgan fingerprint density at radius 3 is 2.43 bits per heavy atom. The third-order valence-electron chi connectivity index (χ3n) is 5.77. The summed E-state index contributed by atoms with van der Waals surface area (Å²) < 4.78 is 29.3. The van der Waals surface area contributed by atoms with Crippen LogP contribution >= 0.6 is 0 Å². The second kappa shape index (κ2) is 10.5. The van der Waals surface area contributed by atoms with E-state index in [2.05, 4.69) is 0 Å². The maximum absolute atomic E-state index is 12.9. The van der Waals surface area contributed by atoms with Crippen LogP contribution in [-0.2, 0) is 11.3 Å². The molecule has 35 heavy (non-hydrogen) atoms. The van der Waals surface area contributed by atoms with Crippen molar-refractivity contribution >= 4 is 11.8 Å². The van der Waals surface area contributed by atoms with Gasteiger partial charge in [0, 0.05) is 23.5 Å². The maximum Gasteiger partial charge on any atom is 0.338 e. The number of esters is 1. The van der Waals surface area contributed by atoms with E-state index in [1.165, 1.54) is 0 Å². The van der Waals surface area contributed by atoms with Crippen LogP contribution in [0.2, 0.25) is 0 Å². The number of ether oxygens (including phenoxy) is 5. The minimum atomic E-state index is -0.600. The number of fused-ring (bicyclic) bond motifs is 1. The molecule has 0 atom stereocenters. The fourth-order valence-corrected chi connectivity index (χ4v) is 4.02. The van der Waals surface area contributed by atoms with Gasteiger partial charge >= 0.3 is 5.97 Å². The van der Waals surface area contributed by atoms with Crippen molar-refractivity contribution in [2.45, 2.75) is 34.2 Å². The van der Waals surface area contributed by atoms with Gasteiger partial charge in [-0.2, -0.15) is 0 Å². The van der Waals surface area contributed by atoms with Crippen LogP contribution in [0.1, 0.15) is 51.5 Å². The number of carbonyl (C=O) groups is 2. The summed E-state index contributed by atoms with van der Waals surface area (Å²) >= 11 is 0. The molecular weight excluding hydrogens is 450 g/mol. The molecule has 0 fully saturated rings. The van der Waals surface area contributed by atoms with E-state index in [4.69, 9.17) is 23.7 Å². The molecule has 0 radical (unpaired) electrons. The zero-order valence-electron chi connectivity index (χ0n) is 20.4. The van der Waals surface area contributed by atoms with Crippen LogP contribution in [0.25, 0.3) is 0 Å². The Morgan fingerprint density at radius 2 is 1.66 bits per heavy atom. The predicted octanol–water partition coefficient (Wildman–Crippen LogP) is 4.72. The summed E-state index contributed by atoms with van der Waals surface area (Å²) in [5.74, 6) is 1.60. The smallest absolute Gasteiger partial charge is 0.338 e. The van der Waals surface area contributed by atoms with E-state index in [0.717, 1.165) is 28.5 Å². The number of carbonyl (C=O) groups excluding carboxylic acids is 2. The van der Waals surface area contributed by atoms with Crippen molar-refractivity contribution in [1.82, 2.24) is 4.57 Å². The molecule has 4 rings (SSSR count). The molecule has 1 aliphatic rings. The average Bonchev–Trinajstić information content (AvgIpc) is 3.43. The quantitative estimate of drug-likeness (QED) is 0.307. The van der Waals surface area contributed by atoms with Gasteiger partial charge in [-0.15, -0.1) is 0 Å². The highest BCUT2D eigenvalue weighted by Crippen LogP contribution is 2.33. The van der Waals surface area contributed by atoms with Gasteiger partial charge in [0.25, 0.3) is 0 Å². The standard InChI is InChI=1S/C27H29NO7/c1-5-31-23-10-8-20(13-26(23)32-6-2)27(30)33-15-22(29)21-11-17(3)28(18(21)4)14-19-7-9-24-25(12-19)35-16-34-24/h7-13H,5-6,14-16H2,1-4H3. The highest BCUT2D eigenvalue weighted by molar-refractivity contribution is 6.00. The first kappa shape index (κ1) is 24.2. The number of benzene rings is 2. The molecule has 0 saturated carbocycles. The van der Waals surface area contributed by atoms with Crippen LogP contribution in [-0.4, -0.2) is 42.9 Å². The SMILES string of the molecule is CCOc1ccc(C(=O)OCC(=O)c2cc(C)n(Cc3ccc4c(c3)OCO4)c2C)cc1OCC. The molecular formula is C27H29NO7. The molecule has 0 saturated heterocycles. The monoisotopic (exact) mass is 479 g/mol. The lowest BCUT2D eigenvalue weighted by Crippen LogP contribution is -2.15. The zero-order chi connectivity index (χ0) is 24.9. The number of rotatable bonds is 10. The first-order valence-corrected chi connectivity index (χ1v) is 11.6. The van der Waals surface area contributed by atoms with E-state index in [1.54, 1.807) is 18.2 Å². The number of hydrogen-bond acceptors (Lipinski definition) is 7. The molecule has 1 aliphatic heterocycles. The Labute approximate surface area is 204 Å². The second-order valence-corrected chi connectivity index (χ2v) is 8.09. The summed E-state index contributed by atoms with van der Waals surface area (Å²) in [5.41, 5.74) is 3.58. The van der Waals surface area contributed by atoms with Gasteiger partial charge in [-0.05, 0) is 69.7 Å². The topological polar surface area (TPSA) is 85.2 Å². The van der Waals surface area contributed by atoms with E-state index in [9.17, 15) is 9.59 Å². The number of nitrogens with zero attached hydrogens (tertiary/aromatic N) is 1. The molecule has 0 aliphatic carbocycles. The van der Waals surface area contributed by atoms with Crippen LogP contribution in [0, 0.1) is 13.8 Å². The third kappa shape index (κ3) is 5.26. The molecule has 0 unspecified atom stereocenters. The van der Waals surface area contributed by atoms with Crippen LogP contribution in [0.15, 0.2) is 42.5 Å². The summed E-state index contributed by atoms with van der Waals surface area (Å²) in [6, 6.07) is 12.4. The van der Waals surface area contributed by atoms with Gasteiger partial charge in [-0.25, -0.2) is 4.79 Å². The lowest BCUT2D eigenvalue weighted by atomic mass is 10.1. The van der Waals surface area contributed by atoms with Crippen LogP contribution in [0.4, 0.5) is 0 Å². The second-order valence-electron chi connectivity index (χ2n) is 8.09. The minimum absolute atomic E-state index is 0.224. The molecule has 0 spiro atoms.